The summed E-state index contributed by atoms with van der Waals surface area (Å²) in [7, 11) is 1.60. The molecule has 7 heteroatoms. The van der Waals surface area contributed by atoms with Gasteiger partial charge in [-0.3, -0.25) is 9.78 Å². The molecular formula is C19H17N4O2S+. The summed E-state index contributed by atoms with van der Waals surface area (Å²) in [6.45, 7) is 0.189. The number of anilines is 1. The van der Waals surface area contributed by atoms with E-state index in [1.54, 1.807) is 24.9 Å². The monoisotopic (exact) mass is 365 g/mol. The van der Waals surface area contributed by atoms with Crippen molar-refractivity contribution in [3.8, 4) is 16.5 Å². The maximum Gasteiger partial charge on any atom is 0.299 e. The van der Waals surface area contributed by atoms with E-state index in [9.17, 15) is 4.79 Å². The average molecular weight is 365 g/mol. The third-order valence-electron chi connectivity index (χ3n) is 4.04. The van der Waals surface area contributed by atoms with Crippen molar-refractivity contribution in [3.63, 3.8) is 0 Å². The van der Waals surface area contributed by atoms with Crippen LogP contribution in [0.3, 0.4) is 0 Å². The Bertz CT molecular complexity index is 1060. The van der Waals surface area contributed by atoms with Crippen LogP contribution in [-0.4, -0.2) is 23.0 Å². The minimum absolute atomic E-state index is 0.112. The van der Waals surface area contributed by atoms with Crippen molar-refractivity contribution in [1.29, 1.82) is 0 Å². The quantitative estimate of drug-likeness (QED) is 0.534. The standard InChI is InChI=1S/C19H16N4O2S/c1-25-14-6-4-5-13(9-14)21-18(24)11-23-16-8-3-2-7-15(16)22-19(23)17-10-20-12-26-17/h2-10,12H,11H2,1H3,(H,21,24)/p+1. The summed E-state index contributed by atoms with van der Waals surface area (Å²) in [5, 5.41) is 2.93. The molecule has 2 aromatic carbocycles. The largest absolute Gasteiger partial charge is 0.497 e. The Kier molecular flexibility index (Phi) is 4.37. The minimum Gasteiger partial charge on any atom is -0.497 e. The lowest BCUT2D eigenvalue weighted by atomic mass is 10.3. The highest BCUT2D eigenvalue weighted by Gasteiger charge is 2.23. The van der Waals surface area contributed by atoms with E-state index in [2.05, 4.69) is 15.3 Å². The van der Waals surface area contributed by atoms with Crippen LogP contribution in [0.25, 0.3) is 21.7 Å². The molecule has 0 aliphatic carbocycles. The number of nitrogens with zero attached hydrogens (tertiary/aromatic N) is 2. The van der Waals surface area contributed by atoms with Crippen molar-refractivity contribution in [1.82, 2.24) is 9.97 Å². The molecular weight excluding hydrogens is 348 g/mol. The highest BCUT2D eigenvalue weighted by Crippen LogP contribution is 2.22. The van der Waals surface area contributed by atoms with E-state index in [-0.39, 0.29) is 12.5 Å². The fraction of sp³-hybridized carbons (Fsp3) is 0.105. The fourth-order valence-electron chi connectivity index (χ4n) is 2.87. The molecule has 2 heterocycles. The van der Waals surface area contributed by atoms with Gasteiger partial charge in [0, 0.05) is 11.8 Å². The Morgan fingerprint density at radius 2 is 2.15 bits per heavy atom. The molecule has 0 saturated carbocycles. The number of amides is 1. The summed E-state index contributed by atoms with van der Waals surface area (Å²) in [5.41, 5.74) is 4.43. The van der Waals surface area contributed by atoms with Crippen LogP contribution < -0.4 is 14.6 Å². The first-order valence-electron chi connectivity index (χ1n) is 8.08. The number of aromatic nitrogens is 3. The molecule has 0 fully saturated rings. The molecule has 0 unspecified atom stereocenters. The van der Waals surface area contributed by atoms with Gasteiger partial charge in [0.15, 0.2) is 17.6 Å². The second kappa shape index (κ2) is 6.97. The molecule has 0 aliphatic heterocycles. The second-order valence-electron chi connectivity index (χ2n) is 5.72. The summed E-state index contributed by atoms with van der Waals surface area (Å²) >= 11 is 1.53. The highest BCUT2D eigenvalue weighted by molar-refractivity contribution is 7.13. The number of nitrogens with one attached hydrogen (secondary N) is 2. The Labute approximate surface area is 154 Å². The van der Waals surface area contributed by atoms with Gasteiger partial charge in [0.2, 0.25) is 0 Å². The number of imidazole rings is 1. The lowest BCUT2D eigenvalue weighted by Crippen LogP contribution is -2.41. The lowest BCUT2D eigenvalue weighted by molar-refractivity contribution is -0.646. The van der Waals surface area contributed by atoms with E-state index in [4.69, 9.17) is 4.74 Å². The van der Waals surface area contributed by atoms with Gasteiger partial charge >= 0.3 is 0 Å². The second-order valence-corrected chi connectivity index (χ2v) is 6.61. The number of ether oxygens (including phenoxy) is 1. The van der Waals surface area contributed by atoms with Crippen LogP contribution in [0.5, 0.6) is 5.75 Å². The third kappa shape index (κ3) is 3.16. The number of aromatic amines is 1. The molecule has 0 bridgehead atoms. The molecule has 4 aromatic rings. The minimum atomic E-state index is -0.112. The van der Waals surface area contributed by atoms with E-state index < -0.39 is 0 Å². The van der Waals surface area contributed by atoms with Crippen molar-refractivity contribution in [2.45, 2.75) is 6.54 Å². The van der Waals surface area contributed by atoms with Crippen LogP contribution in [0.4, 0.5) is 5.69 Å². The molecule has 2 N–H and O–H groups in total. The molecule has 0 spiro atoms. The van der Waals surface area contributed by atoms with Crippen molar-refractivity contribution in [2.24, 2.45) is 0 Å². The summed E-state index contributed by atoms with van der Waals surface area (Å²) in [6, 6.07) is 15.2. The average Bonchev–Trinajstić information content (AvgIpc) is 3.30. The Morgan fingerprint density at radius 1 is 1.27 bits per heavy atom. The van der Waals surface area contributed by atoms with Crippen LogP contribution in [0.1, 0.15) is 0 Å². The van der Waals surface area contributed by atoms with E-state index >= 15 is 0 Å². The van der Waals surface area contributed by atoms with Gasteiger partial charge in [-0.2, -0.15) is 0 Å². The van der Waals surface area contributed by atoms with Crippen LogP contribution in [0.2, 0.25) is 0 Å². The maximum atomic E-state index is 12.6. The number of fused-ring (bicyclic) bond motifs is 1. The van der Waals surface area contributed by atoms with Crippen LogP contribution in [-0.2, 0) is 11.3 Å². The van der Waals surface area contributed by atoms with Crippen LogP contribution >= 0.6 is 11.3 Å². The van der Waals surface area contributed by atoms with Gasteiger partial charge in [-0.25, -0.2) is 9.55 Å². The zero-order valence-electron chi connectivity index (χ0n) is 14.1. The topological polar surface area (TPSA) is 70.9 Å². The molecule has 2 aromatic heterocycles. The molecule has 0 atom stereocenters. The summed E-state index contributed by atoms with van der Waals surface area (Å²) < 4.78 is 7.17. The number of methoxy groups -OCH3 is 1. The van der Waals surface area contributed by atoms with E-state index in [1.807, 2.05) is 47.0 Å². The van der Waals surface area contributed by atoms with Crippen LogP contribution in [0, 0.1) is 0 Å². The Hall–Kier alpha value is -3.19. The van der Waals surface area contributed by atoms with E-state index in [0.717, 1.165) is 21.7 Å². The van der Waals surface area contributed by atoms with Crippen molar-refractivity contribution in [3.05, 3.63) is 60.2 Å². The number of carbonyl (C=O) groups excluding carboxylic acids is 1. The van der Waals surface area contributed by atoms with Gasteiger partial charge in [-0.05, 0) is 24.3 Å². The van der Waals surface area contributed by atoms with Crippen molar-refractivity contribution >= 4 is 34.0 Å². The highest BCUT2D eigenvalue weighted by atomic mass is 32.1. The fourth-order valence-corrected chi connectivity index (χ4v) is 3.50. The predicted molar refractivity (Wildman–Crippen MR) is 101 cm³/mol. The molecule has 130 valence electrons. The molecule has 6 nitrogen and oxygen atoms in total. The lowest BCUT2D eigenvalue weighted by Gasteiger charge is -2.06. The third-order valence-corrected chi connectivity index (χ3v) is 4.82. The van der Waals surface area contributed by atoms with Crippen LogP contribution in [0.15, 0.2) is 60.2 Å². The molecule has 4 rings (SSSR count). The smallest absolute Gasteiger partial charge is 0.299 e. The first-order chi connectivity index (χ1) is 12.7. The van der Waals surface area contributed by atoms with Gasteiger partial charge in [-0.15, -0.1) is 11.3 Å². The number of H-pyrrole nitrogens is 1. The Balaban J connectivity index is 1.65. The number of hydrogen-bond donors (Lipinski definition) is 2. The summed E-state index contributed by atoms with van der Waals surface area (Å²) in [6.07, 6.45) is 1.80. The number of benzene rings is 2. The van der Waals surface area contributed by atoms with Crippen molar-refractivity contribution < 1.29 is 14.1 Å². The molecule has 26 heavy (non-hydrogen) atoms. The number of para-hydroxylation sites is 2. The molecule has 0 radical (unpaired) electrons. The molecule has 1 amide bonds. The SMILES string of the molecule is COc1cccc(NC(=O)C[n+]2c(-c3cncs3)[nH]c3ccccc32)c1. The number of rotatable bonds is 5. The van der Waals surface area contributed by atoms with Gasteiger partial charge in [0.05, 0.1) is 18.8 Å². The Morgan fingerprint density at radius 3 is 2.96 bits per heavy atom. The van der Waals surface area contributed by atoms with E-state index in [1.165, 1.54) is 11.3 Å². The van der Waals surface area contributed by atoms with Gasteiger partial charge in [0.1, 0.15) is 10.6 Å². The molecule has 0 aliphatic rings. The number of carbonyl (C=O) groups is 1. The first-order valence-corrected chi connectivity index (χ1v) is 8.96. The van der Waals surface area contributed by atoms with Gasteiger partial charge < -0.3 is 10.1 Å². The number of hydrogen-bond acceptors (Lipinski definition) is 4. The zero-order chi connectivity index (χ0) is 17.9. The first kappa shape index (κ1) is 16.3. The van der Waals surface area contributed by atoms with Crippen molar-refractivity contribution in [2.75, 3.05) is 12.4 Å². The predicted octanol–water partition coefficient (Wildman–Crippen LogP) is 3.23. The summed E-state index contributed by atoms with van der Waals surface area (Å²) in [4.78, 5) is 21.2. The normalized spacial score (nSPS) is 10.8. The van der Waals surface area contributed by atoms with E-state index in [0.29, 0.717) is 11.4 Å². The number of thiazole rings is 1. The summed E-state index contributed by atoms with van der Waals surface area (Å²) in [5.74, 6) is 1.46. The maximum absolute atomic E-state index is 12.6. The van der Waals surface area contributed by atoms with Gasteiger partial charge in [0.25, 0.3) is 11.7 Å². The zero-order valence-corrected chi connectivity index (χ0v) is 14.9. The molecule has 0 saturated heterocycles. The van der Waals surface area contributed by atoms with Gasteiger partial charge in [-0.1, -0.05) is 18.2 Å².